The molecule has 0 aromatic heterocycles. The maximum atomic E-state index is 10.7. The second-order valence-corrected chi connectivity index (χ2v) is 3.85. The van der Waals surface area contributed by atoms with Crippen molar-refractivity contribution in [2.24, 2.45) is 5.92 Å². The number of hydrogen-bond donors (Lipinski definition) is 0. The van der Waals surface area contributed by atoms with E-state index in [1.165, 1.54) is 0 Å². The maximum Gasteiger partial charge on any atom is 0.252 e. The molecular weight excluding hydrogens is 200 g/mol. The average Bonchev–Trinajstić information content (AvgIpc) is 2.15. The van der Waals surface area contributed by atoms with E-state index >= 15 is 0 Å². The Labute approximate surface area is 88.8 Å². The first-order valence-electron chi connectivity index (χ1n) is 4.52. The lowest BCUT2D eigenvalue weighted by Gasteiger charge is -2.08. The molecule has 0 aliphatic rings. The van der Waals surface area contributed by atoms with Gasteiger partial charge in [-0.1, -0.05) is 13.8 Å². The van der Waals surface area contributed by atoms with Crippen LogP contribution in [0.25, 0.3) is 0 Å². The Hall–Kier alpha value is -1.02. The smallest absolute Gasteiger partial charge is 0.252 e. The Balaban J connectivity index is 2.60. The third kappa shape index (κ3) is 3.38. The summed E-state index contributed by atoms with van der Waals surface area (Å²) in [7, 11) is 0. The third-order valence-electron chi connectivity index (χ3n) is 1.66. The Morgan fingerprint density at radius 3 is 2.36 bits per heavy atom. The summed E-state index contributed by atoms with van der Waals surface area (Å²) < 4.78 is 5.45. The third-order valence-corrected chi connectivity index (χ3v) is 1.88. The zero-order valence-electron chi connectivity index (χ0n) is 8.29. The molecule has 1 rings (SSSR count). The molecule has 0 amide bonds. The summed E-state index contributed by atoms with van der Waals surface area (Å²) in [6.45, 7) is 4.83. The molecule has 0 aliphatic carbocycles. The average molecular weight is 213 g/mol. The summed E-state index contributed by atoms with van der Waals surface area (Å²) in [5.41, 5.74) is 0.489. The maximum absolute atomic E-state index is 10.7. The van der Waals surface area contributed by atoms with Gasteiger partial charge in [-0.15, -0.1) is 0 Å². The summed E-state index contributed by atoms with van der Waals surface area (Å²) in [4.78, 5) is 10.7. The Morgan fingerprint density at radius 2 is 1.93 bits per heavy atom. The number of carbonyl (C=O) groups excluding carboxylic acids is 1. The molecule has 0 saturated heterocycles. The molecule has 76 valence electrons. The van der Waals surface area contributed by atoms with Gasteiger partial charge in [0.05, 0.1) is 6.61 Å². The lowest BCUT2D eigenvalue weighted by molar-refractivity contribution is 0.108. The molecule has 0 N–H and O–H groups in total. The van der Waals surface area contributed by atoms with Crippen molar-refractivity contribution < 1.29 is 9.53 Å². The minimum atomic E-state index is -0.444. The van der Waals surface area contributed by atoms with Crippen LogP contribution in [-0.2, 0) is 0 Å². The van der Waals surface area contributed by atoms with E-state index in [4.69, 9.17) is 16.3 Å². The van der Waals surface area contributed by atoms with Gasteiger partial charge >= 0.3 is 0 Å². The fraction of sp³-hybridized carbons (Fsp3) is 0.364. The van der Waals surface area contributed by atoms with Crippen LogP contribution in [0.3, 0.4) is 0 Å². The van der Waals surface area contributed by atoms with E-state index in [-0.39, 0.29) is 0 Å². The minimum Gasteiger partial charge on any atom is -0.493 e. The van der Waals surface area contributed by atoms with Gasteiger partial charge in [0.2, 0.25) is 0 Å². The summed E-state index contributed by atoms with van der Waals surface area (Å²) in [5.74, 6) is 1.25. The molecule has 0 fully saturated rings. The molecule has 14 heavy (non-hydrogen) atoms. The molecule has 2 nitrogen and oxygen atoms in total. The van der Waals surface area contributed by atoms with Gasteiger partial charge in [0.25, 0.3) is 5.24 Å². The predicted molar refractivity (Wildman–Crippen MR) is 57.0 cm³/mol. The predicted octanol–water partition coefficient (Wildman–Crippen LogP) is 3.10. The molecule has 0 spiro atoms. The van der Waals surface area contributed by atoms with Crippen LogP contribution in [0.15, 0.2) is 24.3 Å². The lowest BCUT2D eigenvalue weighted by atomic mass is 10.2. The number of ether oxygens (including phenoxy) is 1. The highest BCUT2D eigenvalue weighted by atomic mass is 35.5. The van der Waals surface area contributed by atoms with E-state index in [9.17, 15) is 4.79 Å². The van der Waals surface area contributed by atoms with Gasteiger partial charge < -0.3 is 4.74 Å². The van der Waals surface area contributed by atoms with Gasteiger partial charge in [-0.3, -0.25) is 4.79 Å². The van der Waals surface area contributed by atoms with Crippen LogP contribution in [0.5, 0.6) is 5.75 Å². The number of rotatable bonds is 4. The quantitative estimate of drug-likeness (QED) is 0.717. The summed E-state index contributed by atoms with van der Waals surface area (Å²) in [5, 5.41) is -0.444. The number of halogens is 1. The van der Waals surface area contributed by atoms with Crippen molar-refractivity contribution in [3.63, 3.8) is 0 Å². The van der Waals surface area contributed by atoms with Gasteiger partial charge in [-0.2, -0.15) is 0 Å². The highest BCUT2D eigenvalue weighted by Gasteiger charge is 2.01. The second-order valence-electron chi connectivity index (χ2n) is 3.50. The highest BCUT2D eigenvalue weighted by Crippen LogP contribution is 2.14. The van der Waals surface area contributed by atoms with E-state index in [0.29, 0.717) is 18.1 Å². The molecule has 0 atom stereocenters. The first-order valence-corrected chi connectivity index (χ1v) is 4.90. The van der Waals surface area contributed by atoms with Crippen LogP contribution < -0.4 is 4.74 Å². The second kappa shape index (κ2) is 5.01. The molecule has 0 radical (unpaired) electrons. The van der Waals surface area contributed by atoms with E-state index in [1.807, 2.05) is 0 Å². The first-order chi connectivity index (χ1) is 6.59. The van der Waals surface area contributed by atoms with Crippen molar-refractivity contribution in [2.75, 3.05) is 6.61 Å². The van der Waals surface area contributed by atoms with Crippen LogP contribution in [0, 0.1) is 5.92 Å². The van der Waals surface area contributed by atoms with Crippen LogP contribution in [0.4, 0.5) is 0 Å². The standard InChI is InChI=1S/C11H13ClO2/c1-8(2)7-14-10-5-3-9(4-6-10)11(12)13/h3-6,8H,7H2,1-2H3. The Morgan fingerprint density at radius 1 is 1.36 bits per heavy atom. The highest BCUT2D eigenvalue weighted by molar-refractivity contribution is 6.67. The SMILES string of the molecule is CC(C)COc1ccc(C(=O)Cl)cc1. The van der Waals surface area contributed by atoms with Gasteiger partial charge in [0.1, 0.15) is 5.75 Å². The van der Waals surface area contributed by atoms with Crippen molar-refractivity contribution >= 4 is 16.8 Å². The number of hydrogen-bond acceptors (Lipinski definition) is 2. The summed E-state index contributed by atoms with van der Waals surface area (Å²) >= 11 is 5.30. The van der Waals surface area contributed by atoms with Crippen LogP contribution in [0.2, 0.25) is 0 Å². The van der Waals surface area contributed by atoms with E-state index in [1.54, 1.807) is 24.3 Å². The molecule has 3 heteroatoms. The molecule has 1 aromatic rings. The van der Waals surface area contributed by atoms with E-state index in [0.717, 1.165) is 5.75 Å². The normalized spacial score (nSPS) is 10.3. The largest absolute Gasteiger partial charge is 0.493 e. The molecule has 0 saturated carbocycles. The zero-order valence-corrected chi connectivity index (χ0v) is 9.04. The zero-order chi connectivity index (χ0) is 10.6. The Kier molecular flexibility index (Phi) is 3.96. The topological polar surface area (TPSA) is 26.3 Å². The molecule has 0 aliphatic heterocycles. The van der Waals surface area contributed by atoms with Crippen LogP contribution in [0.1, 0.15) is 24.2 Å². The van der Waals surface area contributed by atoms with Gasteiger partial charge in [-0.05, 0) is 41.8 Å². The Bertz CT molecular complexity index is 304. The fourth-order valence-electron chi connectivity index (χ4n) is 0.945. The van der Waals surface area contributed by atoms with Gasteiger partial charge in [0, 0.05) is 5.56 Å². The van der Waals surface area contributed by atoms with Gasteiger partial charge in [-0.25, -0.2) is 0 Å². The number of benzene rings is 1. The monoisotopic (exact) mass is 212 g/mol. The lowest BCUT2D eigenvalue weighted by Crippen LogP contribution is -2.04. The first kappa shape index (κ1) is 11.1. The molecule has 1 aromatic carbocycles. The van der Waals surface area contributed by atoms with Crippen LogP contribution >= 0.6 is 11.6 Å². The van der Waals surface area contributed by atoms with Crippen molar-refractivity contribution in [2.45, 2.75) is 13.8 Å². The molecule has 0 bridgehead atoms. The molecule has 0 heterocycles. The summed E-state index contributed by atoms with van der Waals surface area (Å²) in [6, 6.07) is 6.81. The van der Waals surface area contributed by atoms with Crippen molar-refractivity contribution in [3.05, 3.63) is 29.8 Å². The minimum absolute atomic E-state index is 0.444. The van der Waals surface area contributed by atoms with E-state index < -0.39 is 5.24 Å². The van der Waals surface area contributed by atoms with Crippen molar-refractivity contribution in [3.8, 4) is 5.75 Å². The van der Waals surface area contributed by atoms with Crippen LogP contribution in [-0.4, -0.2) is 11.8 Å². The number of carbonyl (C=O) groups is 1. The van der Waals surface area contributed by atoms with Gasteiger partial charge in [0.15, 0.2) is 0 Å². The summed E-state index contributed by atoms with van der Waals surface area (Å²) in [6.07, 6.45) is 0. The van der Waals surface area contributed by atoms with E-state index in [2.05, 4.69) is 13.8 Å². The molecule has 0 unspecified atom stereocenters. The van der Waals surface area contributed by atoms with Crippen molar-refractivity contribution in [1.82, 2.24) is 0 Å². The molecular formula is C11H13ClO2. The van der Waals surface area contributed by atoms with Crippen molar-refractivity contribution in [1.29, 1.82) is 0 Å². The fourth-order valence-corrected chi connectivity index (χ4v) is 1.07.